The maximum atomic E-state index is 13.9. The molecule has 3 rings (SSSR count). The van der Waals surface area contributed by atoms with E-state index in [1.54, 1.807) is 18.7 Å². The van der Waals surface area contributed by atoms with Crippen LogP contribution in [0, 0.1) is 25.5 Å². The zero-order valence-corrected chi connectivity index (χ0v) is 13.9. The monoisotopic (exact) mass is 348 g/mol. The molecular formula is C17H18F2N4O2. The first-order valence-corrected chi connectivity index (χ1v) is 7.93. The second kappa shape index (κ2) is 6.62. The Hall–Kier alpha value is -2.77. The van der Waals surface area contributed by atoms with Crippen molar-refractivity contribution in [1.29, 1.82) is 0 Å². The molecule has 132 valence electrons. The number of carbonyl (C=O) groups excluding carboxylic acids is 1. The van der Waals surface area contributed by atoms with Gasteiger partial charge in [0.15, 0.2) is 0 Å². The van der Waals surface area contributed by atoms with Crippen molar-refractivity contribution in [3.63, 3.8) is 0 Å². The average Bonchev–Trinajstić information content (AvgIpc) is 2.99. The Morgan fingerprint density at radius 3 is 2.84 bits per heavy atom. The third-order valence-corrected chi connectivity index (χ3v) is 4.47. The number of aromatic amines is 1. The first-order valence-electron chi connectivity index (χ1n) is 7.93. The summed E-state index contributed by atoms with van der Waals surface area (Å²) < 4.78 is 26.9. The van der Waals surface area contributed by atoms with Crippen LogP contribution in [-0.4, -0.2) is 35.2 Å². The molecule has 0 unspecified atom stereocenters. The number of rotatable bonds is 3. The van der Waals surface area contributed by atoms with E-state index in [0.717, 1.165) is 6.07 Å². The van der Waals surface area contributed by atoms with Crippen LogP contribution in [0.25, 0.3) is 0 Å². The molecule has 1 aliphatic rings. The van der Waals surface area contributed by atoms with Crippen molar-refractivity contribution in [3.05, 3.63) is 57.0 Å². The number of aromatic nitrogens is 2. The van der Waals surface area contributed by atoms with E-state index in [4.69, 9.17) is 0 Å². The lowest BCUT2D eigenvalue weighted by Crippen LogP contribution is -2.40. The molecule has 1 fully saturated rings. The predicted molar refractivity (Wildman–Crippen MR) is 88.8 cm³/mol. The Bertz CT molecular complexity index is 881. The summed E-state index contributed by atoms with van der Waals surface area (Å²) in [7, 11) is 0. The fraction of sp³-hybridized carbons (Fsp3) is 0.353. The summed E-state index contributed by atoms with van der Waals surface area (Å²) in [6, 6.07) is 3.19. The molecule has 8 heteroatoms. The maximum Gasteiger partial charge on any atom is 0.277 e. The summed E-state index contributed by atoms with van der Waals surface area (Å²) in [5, 5.41) is 8.93. The number of benzene rings is 1. The van der Waals surface area contributed by atoms with Gasteiger partial charge in [0.25, 0.3) is 11.5 Å². The summed E-state index contributed by atoms with van der Waals surface area (Å²) in [5.74, 6) is -1.74. The highest BCUT2D eigenvalue weighted by Gasteiger charge is 2.27. The van der Waals surface area contributed by atoms with Crippen molar-refractivity contribution in [2.45, 2.75) is 26.3 Å². The number of nitrogens with zero attached hydrogens (tertiary/aromatic N) is 2. The molecule has 1 atom stereocenters. The number of amides is 1. The Morgan fingerprint density at radius 2 is 2.12 bits per heavy atom. The molecule has 1 amide bonds. The summed E-state index contributed by atoms with van der Waals surface area (Å²) >= 11 is 0. The number of carbonyl (C=O) groups is 1. The van der Waals surface area contributed by atoms with Gasteiger partial charge in [0.1, 0.15) is 17.2 Å². The van der Waals surface area contributed by atoms with E-state index in [2.05, 4.69) is 15.5 Å². The van der Waals surface area contributed by atoms with E-state index < -0.39 is 23.1 Å². The van der Waals surface area contributed by atoms with Gasteiger partial charge in [-0.05, 0) is 38.0 Å². The number of hydrogen-bond acceptors (Lipinski definition) is 4. The smallest absolute Gasteiger partial charge is 0.277 e. The highest BCUT2D eigenvalue weighted by molar-refractivity contribution is 5.95. The van der Waals surface area contributed by atoms with Gasteiger partial charge in [-0.15, -0.1) is 0 Å². The standard InChI is InChI=1S/C17H18F2N4O2/c1-9-10(2)21-22-17(25)15(9)16(24)20-12-5-6-23(8-12)14-4-3-11(18)7-13(14)19/h3-4,7,12H,5-6,8H2,1-2H3,(H,20,24)(H,22,25)/t12-/m1/s1. The van der Waals surface area contributed by atoms with E-state index in [-0.39, 0.29) is 11.6 Å². The maximum absolute atomic E-state index is 13.9. The van der Waals surface area contributed by atoms with Crippen LogP contribution in [-0.2, 0) is 0 Å². The molecule has 0 aliphatic carbocycles. The Balaban J connectivity index is 1.72. The van der Waals surface area contributed by atoms with Gasteiger partial charge in [-0.2, -0.15) is 5.10 Å². The quantitative estimate of drug-likeness (QED) is 0.885. The van der Waals surface area contributed by atoms with Gasteiger partial charge in [0, 0.05) is 25.2 Å². The Labute approximate surface area is 142 Å². The first-order chi connectivity index (χ1) is 11.9. The number of anilines is 1. The summed E-state index contributed by atoms with van der Waals surface area (Å²) in [6.45, 7) is 4.28. The molecule has 1 aromatic heterocycles. The fourth-order valence-corrected chi connectivity index (χ4v) is 2.99. The molecule has 2 N–H and O–H groups in total. The van der Waals surface area contributed by atoms with Gasteiger partial charge in [0.05, 0.1) is 11.4 Å². The summed E-state index contributed by atoms with van der Waals surface area (Å²) in [5.41, 5.74) is 0.901. The van der Waals surface area contributed by atoms with Gasteiger partial charge in [-0.1, -0.05) is 0 Å². The lowest BCUT2D eigenvalue weighted by molar-refractivity contribution is 0.0938. The van der Waals surface area contributed by atoms with Crippen LogP contribution in [0.1, 0.15) is 28.0 Å². The van der Waals surface area contributed by atoms with Gasteiger partial charge in [0.2, 0.25) is 0 Å². The molecule has 1 aromatic carbocycles. The number of hydrogen-bond donors (Lipinski definition) is 2. The summed E-state index contributed by atoms with van der Waals surface area (Å²) in [6.07, 6.45) is 0.601. The molecule has 2 heterocycles. The largest absolute Gasteiger partial charge is 0.367 e. The molecule has 0 bridgehead atoms. The van der Waals surface area contributed by atoms with Gasteiger partial charge >= 0.3 is 0 Å². The zero-order chi connectivity index (χ0) is 18.1. The lowest BCUT2D eigenvalue weighted by Gasteiger charge is -2.20. The number of H-pyrrole nitrogens is 1. The van der Waals surface area contributed by atoms with Crippen LogP contribution in [0.3, 0.4) is 0 Å². The minimum atomic E-state index is -0.635. The molecule has 0 spiro atoms. The van der Waals surface area contributed by atoms with Crippen LogP contribution in [0.4, 0.5) is 14.5 Å². The van der Waals surface area contributed by atoms with E-state index in [9.17, 15) is 18.4 Å². The number of halogens is 2. The number of aryl methyl sites for hydroxylation is 1. The molecule has 1 aliphatic heterocycles. The predicted octanol–water partition coefficient (Wildman–Crippen LogP) is 1.67. The topological polar surface area (TPSA) is 78.1 Å². The molecule has 25 heavy (non-hydrogen) atoms. The van der Waals surface area contributed by atoms with Crippen molar-refractivity contribution >= 4 is 11.6 Å². The molecule has 2 aromatic rings. The lowest BCUT2D eigenvalue weighted by atomic mass is 10.1. The van der Waals surface area contributed by atoms with Crippen LogP contribution < -0.4 is 15.8 Å². The van der Waals surface area contributed by atoms with Crippen LogP contribution in [0.5, 0.6) is 0 Å². The third-order valence-electron chi connectivity index (χ3n) is 4.47. The van der Waals surface area contributed by atoms with E-state index in [0.29, 0.717) is 36.5 Å². The second-order valence-corrected chi connectivity index (χ2v) is 6.14. The normalized spacial score (nSPS) is 17.0. The van der Waals surface area contributed by atoms with E-state index >= 15 is 0 Å². The minimum absolute atomic E-state index is 0.0407. The highest BCUT2D eigenvalue weighted by Crippen LogP contribution is 2.24. The van der Waals surface area contributed by atoms with Crippen molar-refractivity contribution < 1.29 is 13.6 Å². The molecule has 1 saturated heterocycles. The van der Waals surface area contributed by atoms with Crippen LogP contribution in [0.15, 0.2) is 23.0 Å². The Morgan fingerprint density at radius 1 is 1.36 bits per heavy atom. The SMILES string of the molecule is Cc1n[nH]c(=O)c(C(=O)N[C@@H]2CCN(c3ccc(F)cc3F)C2)c1C. The van der Waals surface area contributed by atoms with Gasteiger partial charge in [-0.25, -0.2) is 13.9 Å². The highest BCUT2D eigenvalue weighted by atomic mass is 19.1. The zero-order valence-electron chi connectivity index (χ0n) is 13.9. The molecular weight excluding hydrogens is 330 g/mol. The van der Waals surface area contributed by atoms with Gasteiger partial charge < -0.3 is 10.2 Å². The molecule has 0 radical (unpaired) electrons. The fourth-order valence-electron chi connectivity index (χ4n) is 2.99. The van der Waals surface area contributed by atoms with Crippen molar-refractivity contribution in [2.24, 2.45) is 0 Å². The van der Waals surface area contributed by atoms with E-state index in [1.807, 2.05) is 0 Å². The second-order valence-electron chi connectivity index (χ2n) is 6.14. The molecule has 0 saturated carbocycles. The minimum Gasteiger partial charge on any atom is -0.367 e. The molecule has 6 nitrogen and oxygen atoms in total. The first kappa shape index (κ1) is 17.1. The summed E-state index contributed by atoms with van der Waals surface area (Å²) in [4.78, 5) is 26.1. The van der Waals surface area contributed by atoms with Crippen molar-refractivity contribution in [1.82, 2.24) is 15.5 Å². The average molecular weight is 348 g/mol. The van der Waals surface area contributed by atoms with E-state index in [1.165, 1.54) is 12.1 Å². The Kier molecular flexibility index (Phi) is 4.52. The van der Waals surface area contributed by atoms with Crippen LogP contribution in [0.2, 0.25) is 0 Å². The third kappa shape index (κ3) is 3.38. The van der Waals surface area contributed by atoms with Gasteiger partial charge in [-0.3, -0.25) is 9.59 Å². The van der Waals surface area contributed by atoms with Crippen molar-refractivity contribution in [2.75, 3.05) is 18.0 Å². The van der Waals surface area contributed by atoms with Crippen LogP contribution >= 0.6 is 0 Å². The number of nitrogens with one attached hydrogen (secondary N) is 2. The van der Waals surface area contributed by atoms with Crippen molar-refractivity contribution in [3.8, 4) is 0 Å².